The van der Waals surface area contributed by atoms with Crippen molar-refractivity contribution in [1.29, 1.82) is 10.5 Å². The minimum atomic E-state index is -0.761. The Morgan fingerprint density at radius 2 is 1.44 bits per heavy atom. The highest BCUT2D eigenvalue weighted by atomic mass is 19.1. The molecule has 0 bridgehead atoms. The van der Waals surface area contributed by atoms with E-state index in [-0.39, 0.29) is 17.2 Å². The summed E-state index contributed by atoms with van der Waals surface area (Å²) in [6.07, 6.45) is 0. The average Bonchev–Trinajstić information content (AvgIpc) is 2.99. The van der Waals surface area contributed by atoms with Gasteiger partial charge >= 0.3 is 0 Å². The maximum absolute atomic E-state index is 14.5. The number of benzene rings is 2. The number of halogens is 2. The molecular weight excluding hydrogens is 524 g/mol. The van der Waals surface area contributed by atoms with Crippen LogP contribution >= 0.6 is 0 Å². The molecule has 0 saturated carbocycles. The highest BCUT2D eigenvalue weighted by Gasteiger charge is 2.27. The molecular formula is C31H31F2N7O. The van der Waals surface area contributed by atoms with Gasteiger partial charge in [-0.05, 0) is 43.2 Å². The van der Waals surface area contributed by atoms with Gasteiger partial charge in [0.25, 0.3) is 5.91 Å². The van der Waals surface area contributed by atoms with Crippen molar-refractivity contribution in [2.75, 3.05) is 62.2 Å². The number of hydrogen-bond acceptors (Lipinski definition) is 7. The summed E-state index contributed by atoms with van der Waals surface area (Å²) in [5.74, 6) is -1.59. The second-order valence-electron chi connectivity index (χ2n) is 10.5. The number of carbonyl (C=O) groups is 1. The highest BCUT2D eigenvalue weighted by Crippen LogP contribution is 2.26. The predicted molar refractivity (Wildman–Crippen MR) is 152 cm³/mol. The van der Waals surface area contributed by atoms with Crippen molar-refractivity contribution in [2.24, 2.45) is 0 Å². The van der Waals surface area contributed by atoms with Gasteiger partial charge in [0.1, 0.15) is 29.5 Å². The third kappa shape index (κ3) is 5.84. The van der Waals surface area contributed by atoms with Crippen LogP contribution in [0.2, 0.25) is 0 Å². The van der Waals surface area contributed by atoms with Crippen LogP contribution in [-0.4, -0.2) is 73.0 Å². The molecule has 2 aromatic carbocycles. The van der Waals surface area contributed by atoms with Crippen LogP contribution in [0.3, 0.4) is 0 Å². The summed E-state index contributed by atoms with van der Waals surface area (Å²) < 4.78 is 28.6. The van der Waals surface area contributed by atoms with E-state index in [0.29, 0.717) is 44.0 Å². The van der Waals surface area contributed by atoms with Crippen LogP contribution in [0.5, 0.6) is 0 Å². The first-order chi connectivity index (χ1) is 19.8. The molecule has 210 valence electrons. The molecule has 0 radical (unpaired) electrons. The number of nitrogens with zero attached hydrogens (tertiary/aromatic N) is 7. The molecule has 0 spiro atoms. The van der Waals surface area contributed by atoms with Crippen molar-refractivity contribution in [3.63, 3.8) is 0 Å². The fourth-order valence-corrected chi connectivity index (χ4v) is 5.53. The number of nitriles is 2. The minimum absolute atomic E-state index is 0.0942. The Hall–Kier alpha value is -4.54. The zero-order valence-corrected chi connectivity index (χ0v) is 23.2. The van der Waals surface area contributed by atoms with Gasteiger partial charge in [-0.2, -0.15) is 10.5 Å². The Kier molecular flexibility index (Phi) is 8.14. The van der Waals surface area contributed by atoms with Gasteiger partial charge in [0, 0.05) is 65.0 Å². The Morgan fingerprint density at radius 1 is 0.805 bits per heavy atom. The van der Waals surface area contributed by atoms with E-state index in [1.54, 1.807) is 15.9 Å². The largest absolute Gasteiger partial charge is 0.368 e. The summed E-state index contributed by atoms with van der Waals surface area (Å²) in [6.45, 7) is 9.09. The van der Waals surface area contributed by atoms with Crippen molar-refractivity contribution in [3.8, 4) is 12.1 Å². The van der Waals surface area contributed by atoms with E-state index in [9.17, 15) is 18.8 Å². The summed E-state index contributed by atoms with van der Waals surface area (Å²) in [5.41, 5.74) is 4.50. The molecule has 8 nitrogen and oxygen atoms in total. The van der Waals surface area contributed by atoms with Gasteiger partial charge in [-0.1, -0.05) is 18.2 Å². The number of hydrogen-bond donors (Lipinski definition) is 0. The Labute approximate surface area is 238 Å². The summed E-state index contributed by atoms with van der Waals surface area (Å²) >= 11 is 0. The fourth-order valence-electron chi connectivity index (χ4n) is 5.53. The number of anilines is 2. The number of pyridine rings is 1. The van der Waals surface area contributed by atoms with Crippen LogP contribution in [0.1, 0.15) is 38.4 Å². The zero-order valence-electron chi connectivity index (χ0n) is 23.2. The van der Waals surface area contributed by atoms with Crippen molar-refractivity contribution in [3.05, 3.63) is 87.7 Å². The van der Waals surface area contributed by atoms with Crippen molar-refractivity contribution >= 4 is 17.3 Å². The maximum Gasteiger partial charge on any atom is 0.272 e. The Morgan fingerprint density at radius 3 is 2.12 bits per heavy atom. The van der Waals surface area contributed by atoms with E-state index < -0.39 is 11.6 Å². The molecule has 1 amide bonds. The number of carbonyl (C=O) groups excluding carboxylic acids is 1. The topological polar surface area (TPSA) is 90.5 Å². The van der Waals surface area contributed by atoms with Crippen LogP contribution in [0.25, 0.3) is 0 Å². The third-order valence-corrected chi connectivity index (χ3v) is 7.89. The van der Waals surface area contributed by atoms with Gasteiger partial charge in [-0.3, -0.25) is 9.69 Å². The minimum Gasteiger partial charge on any atom is -0.368 e. The molecule has 2 saturated heterocycles. The lowest BCUT2D eigenvalue weighted by atomic mass is 10.1. The molecule has 3 heterocycles. The second kappa shape index (κ2) is 11.9. The molecule has 0 atom stereocenters. The number of aromatic nitrogens is 1. The highest BCUT2D eigenvalue weighted by molar-refractivity contribution is 5.94. The van der Waals surface area contributed by atoms with Crippen LogP contribution < -0.4 is 9.80 Å². The molecule has 3 aromatic rings. The first kappa shape index (κ1) is 28.0. The van der Waals surface area contributed by atoms with Gasteiger partial charge in [0.15, 0.2) is 0 Å². The van der Waals surface area contributed by atoms with E-state index in [1.165, 1.54) is 0 Å². The SMILES string of the molecule is Cc1cc(C)c(C(=O)N2CCN(c3cc(F)c(C#N)cc3F)CC2)nc1CN1CCN(c2ccccc2C#N)CC1. The number of para-hydroxylation sites is 1. The van der Waals surface area contributed by atoms with Crippen molar-refractivity contribution in [2.45, 2.75) is 20.4 Å². The monoisotopic (exact) mass is 555 g/mol. The maximum atomic E-state index is 14.5. The summed E-state index contributed by atoms with van der Waals surface area (Å²) in [4.78, 5) is 26.3. The first-order valence-electron chi connectivity index (χ1n) is 13.7. The molecule has 10 heteroatoms. The zero-order chi connectivity index (χ0) is 29.1. The molecule has 0 unspecified atom stereocenters. The first-order valence-corrected chi connectivity index (χ1v) is 13.7. The molecule has 2 aliphatic rings. The van der Waals surface area contributed by atoms with E-state index in [2.05, 4.69) is 15.9 Å². The molecule has 5 rings (SSSR count). The van der Waals surface area contributed by atoms with Crippen molar-refractivity contribution < 1.29 is 13.6 Å². The Balaban J connectivity index is 1.23. The normalized spacial score (nSPS) is 15.9. The number of rotatable bonds is 5. The third-order valence-electron chi connectivity index (χ3n) is 7.89. The molecule has 0 aliphatic carbocycles. The molecule has 41 heavy (non-hydrogen) atoms. The summed E-state index contributed by atoms with van der Waals surface area (Å²) in [5, 5.41) is 18.4. The van der Waals surface area contributed by atoms with E-state index in [0.717, 1.165) is 60.8 Å². The number of piperazine rings is 2. The summed E-state index contributed by atoms with van der Waals surface area (Å²) in [7, 11) is 0. The molecule has 0 N–H and O–H groups in total. The van der Waals surface area contributed by atoms with Gasteiger partial charge in [0.05, 0.1) is 28.2 Å². The lowest BCUT2D eigenvalue weighted by Gasteiger charge is -2.37. The average molecular weight is 556 g/mol. The molecule has 1 aromatic heterocycles. The lowest BCUT2D eigenvalue weighted by Crippen LogP contribution is -2.49. The lowest BCUT2D eigenvalue weighted by molar-refractivity contribution is 0.0739. The van der Waals surface area contributed by atoms with Gasteiger partial charge < -0.3 is 14.7 Å². The number of aryl methyl sites for hydroxylation is 2. The smallest absolute Gasteiger partial charge is 0.272 e. The van der Waals surface area contributed by atoms with Crippen LogP contribution in [0.4, 0.5) is 20.2 Å². The predicted octanol–water partition coefficient (Wildman–Crippen LogP) is 4.00. The van der Waals surface area contributed by atoms with E-state index in [4.69, 9.17) is 10.2 Å². The summed E-state index contributed by atoms with van der Waals surface area (Å²) in [6, 6.07) is 15.5. The van der Waals surface area contributed by atoms with Crippen LogP contribution in [-0.2, 0) is 6.54 Å². The van der Waals surface area contributed by atoms with Crippen LogP contribution in [0, 0.1) is 48.1 Å². The van der Waals surface area contributed by atoms with E-state index >= 15 is 0 Å². The quantitative estimate of drug-likeness (QED) is 0.470. The fraction of sp³-hybridized carbons (Fsp3) is 0.355. The van der Waals surface area contributed by atoms with Gasteiger partial charge in [-0.15, -0.1) is 0 Å². The van der Waals surface area contributed by atoms with Gasteiger partial charge in [0.2, 0.25) is 0 Å². The van der Waals surface area contributed by atoms with Crippen LogP contribution in [0.15, 0.2) is 42.5 Å². The Bertz CT molecular complexity index is 1550. The molecule has 2 aliphatic heterocycles. The number of amides is 1. The van der Waals surface area contributed by atoms with Crippen molar-refractivity contribution in [1.82, 2.24) is 14.8 Å². The standard InChI is InChI=1S/C31H31F2N7O/c1-21-15-22(2)30(31(41)40-13-11-39(12-14-40)29-17-25(32)24(19-35)16-26(29)33)36-27(21)20-37-7-9-38(10-8-37)28-6-4-3-5-23(28)18-34/h3-6,15-17H,7-14,20H2,1-2H3. The van der Waals surface area contributed by atoms with Gasteiger partial charge in [-0.25, -0.2) is 13.8 Å². The van der Waals surface area contributed by atoms with E-state index in [1.807, 2.05) is 44.2 Å². The second-order valence-corrected chi connectivity index (χ2v) is 10.5. The molecule has 2 fully saturated rings.